The van der Waals surface area contributed by atoms with Gasteiger partial charge in [0.2, 0.25) is 0 Å². The maximum Gasteiger partial charge on any atom is 0.107 e. The molecule has 52 valence electrons. The highest BCUT2D eigenvalue weighted by Crippen LogP contribution is 1.77. The fourth-order valence-corrected chi connectivity index (χ4v) is 0.444. The molecular weight excluding hydrogens is 112 g/mol. The number of hydrogen-bond acceptors (Lipinski definition) is 1. The molecule has 0 aromatic rings. The van der Waals surface area contributed by atoms with E-state index in [9.17, 15) is 0 Å². The van der Waals surface area contributed by atoms with Crippen LogP contribution in [-0.2, 0) is 4.74 Å². The van der Waals surface area contributed by atoms with E-state index >= 15 is 0 Å². The maximum atomic E-state index is 5.11. The van der Waals surface area contributed by atoms with Gasteiger partial charge in [-0.3, -0.25) is 0 Å². The zero-order chi connectivity index (χ0) is 6.95. The quantitative estimate of drug-likeness (QED) is 0.414. The molecular formula is C8H14O. The molecule has 0 saturated heterocycles. The second-order valence-electron chi connectivity index (χ2n) is 1.76. The normalized spacial score (nSPS) is 8.22. The lowest BCUT2D eigenvalue weighted by molar-refractivity contribution is 0.168. The van der Waals surface area contributed by atoms with Crippen molar-refractivity contribution in [1.29, 1.82) is 0 Å². The summed E-state index contributed by atoms with van der Waals surface area (Å²) in [4.78, 5) is 0. The van der Waals surface area contributed by atoms with Gasteiger partial charge >= 0.3 is 0 Å². The first-order valence-corrected chi connectivity index (χ1v) is 3.45. The largest absolute Gasteiger partial charge is 0.369 e. The van der Waals surface area contributed by atoms with Crippen LogP contribution in [0.25, 0.3) is 0 Å². The predicted molar refractivity (Wildman–Crippen MR) is 39.2 cm³/mol. The summed E-state index contributed by atoms with van der Waals surface area (Å²) in [5, 5.41) is 0. The smallest absolute Gasteiger partial charge is 0.107 e. The Hall–Kier alpha value is -0.480. The maximum absolute atomic E-state index is 5.11. The van der Waals surface area contributed by atoms with Gasteiger partial charge in [-0.2, -0.15) is 0 Å². The molecule has 0 spiro atoms. The first-order chi connectivity index (χ1) is 4.41. The Morgan fingerprint density at radius 1 is 1.22 bits per heavy atom. The van der Waals surface area contributed by atoms with E-state index in [0.29, 0.717) is 6.61 Å². The molecule has 0 aliphatic rings. The highest BCUT2D eigenvalue weighted by atomic mass is 16.5. The summed E-state index contributed by atoms with van der Waals surface area (Å²) in [6.07, 6.45) is 2.00. The van der Waals surface area contributed by atoms with E-state index in [-0.39, 0.29) is 0 Å². The van der Waals surface area contributed by atoms with Gasteiger partial charge < -0.3 is 4.74 Å². The van der Waals surface area contributed by atoms with Crippen LogP contribution in [0.2, 0.25) is 0 Å². The minimum atomic E-state index is 0.599. The number of ether oxygens (including phenoxy) is 1. The van der Waals surface area contributed by atoms with Crippen molar-refractivity contribution in [2.24, 2.45) is 0 Å². The molecule has 1 nitrogen and oxygen atoms in total. The molecule has 0 heterocycles. The zero-order valence-electron chi connectivity index (χ0n) is 6.24. The van der Waals surface area contributed by atoms with Crippen molar-refractivity contribution in [3.8, 4) is 11.8 Å². The molecule has 0 amide bonds. The molecule has 1 heteroatoms. The predicted octanol–water partition coefficient (Wildman–Crippen LogP) is 1.83. The molecule has 0 fully saturated rings. The summed E-state index contributed by atoms with van der Waals surface area (Å²) in [6, 6.07) is 0. The van der Waals surface area contributed by atoms with Crippen LogP contribution in [0.15, 0.2) is 0 Å². The topological polar surface area (TPSA) is 9.23 Å². The molecule has 0 bridgehead atoms. The number of rotatable bonds is 3. The Labute approximate surface area is 57.4 Å². The second kappa shape index (κ2) is 7.52. The van der Waals surface area contributed by atoms with Crippen LogP contribution >= 0.6 is 0 Å². The van der Waals surface area contributed by atoms with E-state index in [4.69, 9.17) is 4.74 Å². The van der Waals surface area contributed by atoms with Gasteiger partial charge in [-0.1, -0.05) is 19.8 Å². The minimum absolute atomic E-state index is 0.599. The Morgan fingerprint density at radius 3 is 2.56 bits per heavy atom. The fraction of sp³-hybridized carbons (Fsp3) is 0.750. The van der Waals surface area contributed by atoms with Crippen molar-refractivity contribution >= 4 is 0 Å². The SMILES string of the molecule is CCC#CCOCCC. The highest BCUT2D eigenvalue weighted by molar-refractivity contribution is 4.97. The van der Waals surface area contributed by atoms with Gasteiger partial charge in [0.05, 0.1) is 0 Å². The van der Waals surface area contributed by atoms with Crippen LogP contribution in [0.1, 0.15) is 26.7 Å². The Balaban J connectivity index is 2.90. The van der Waals surface area contributed by atoms with Crippen LogP contribution in [0.5, 0.6) is 0 Å². The lowest BCUT2D eigenvalue weighted by atomic mass is 10.5. The van der Waals surface area contributed by atoms with Crippen molar-refractivity contribution in [2.45, 2.75) is 26.7 Å². The van der Waals surface area contributed by atoms with Crippen LogP contribution < -0.4 is 0 Å². The van der Waals surface area contributed by atoms with Gasteiger partial charge in [-0.15, -0.1) is 5.92 Å². The van der Waals surface area contributed by atoms with E-state index in [1.54, 1.807) is 0 Å². The summed E-state index contributed by atoms with van der Waals surface area (Å²) in [6.45, 7) is 5.56. The van der Waals surface area contributed by atoms with Gasteiger partial charge in [0.1, 0.15) is 6.61 Å². The molecule has 0 N–H and O–H groups in total. The fourth-order valence-electron chi connectivity index (χ4n) is 0.444. The third-order valence-electron chi connectivity index (χ3n) is 0.824. The summed E-state index contributed by atoms with van der Waals surface area (Å²) in [7, 11) is 0. The molecule has 0 radical (unpaired) electrons. The van der Waals surface area contributed by atoms with E-state index in [2.05, 4.69) is 18.8 Å². The van der Waals surface area contributed by atoms with Crippen LogP contribution in [-0.4, -0.2) is 13.2 Å². The van der Waals surface area contributed by atoms with Gasteiger partial charge in [-0.05, 0) is 6.42 Å². The first-order valence-electron chi connectivity index (χ1n) is 3.45. The molecule has 0 saturated carbocycles. The lowest BCUT2D eigenvalue weighted by Gasteiger charge is -1.92. The van der Waals surface area contributed by atoms with Gasteiger partial charge in [0.25, 0.3) is 0 Å². The zero-order valence-corrected chi connectivity index (χ0v) is 6.24. The molecule has 0 aliphatic heterocycles. The van der Waals surface area contributed by atoms with Crippen molar-refractivity contribution in [1.82, 2.24) is 0 Å². The lowest BCUT2D eigenvalue weighted by Crippen LogP contribution is -1.91. The first kappa shape index (κ1) is 8.52. The number of hydrogen-bond donors (Lipinski definition) is 0. The molecule has 0 atom stereocenters. The molecule has 0 aromatic carbocycles. The highest BCUT2D eigenvalue weighted by Gasteiger charge is 1.76. The van der Waals surface area contributed by atoms with Crippen LogP contribution in [0.4, 0.5) is 0 Å². The Bertz CT molecular complexity index is 96.9. The van der Waals surface area contributed by atoms with Crippen molar-refractivity contribution in [2.75, 3.05) is 13.2 Å². The van der Waals surface area contributed by atoms with E-state index in [0.717, 1.165) is 19.4 Å². The molecule has 0 rings (SSSR count). The summed E-state index contributed by atoms with van der Waals surface area (Å²) in [5.41, 5.74) is 0. The standard InChI is InChI=1S/C8H14O/c1-3-5-6-8-9-7-4-2/h3-4,7-8H2,1-2H3. The Kier molecular flexibility index (Phi) is 7.12. The van der Waals surface area contributed by atoms with E-state index < -0.39 is 0 Å². The van der Waals surface area contributed by atoms with Crippen molar-refractivity contribution < 1.29 is 4.74 Å². The second-order valence-corrected chi connectivity index (χ2v) is 1.76. The van der Waals surface area contributed by atoms with Crippen molar-refractivity contribution in [3.63, 3.8) is 0 Å². The minimum Gasteiger partial charge on any atom is -0.369 e. The summed E-state index contributed by atoms with van der Waals surface area (Å²) >= 11 is 0. The molecule has 0 aromatic heterocycles. The average Bonchev–Trinajstić information content (AvgIpc) is 1.89. The third kappa shape index (κ3) is 7.52. The van der Waals surface area contributed by atoms with Crippen LogP contribution in [0.3, 0.4) is 0 Å². The molecule has 0 aliphatic carbocycles. The summed E-state index contributed by atoms with van der Waals surface area (Å²) in [5.74, 6) is 5.83. The average molecular weight is 126 g/mol. The monoisotopic (exact) mass is 126 g/mol. The van der Waals surface area contributed by atoms with Crippen molar-refractivity contribution in [3.05, 3.63) is 0 Å². The molecule has 0 unspecified atom stereocenters. The molecule has 9 heavy (non-hydrogen) atoms. The van der Waals surface area contributed by atoms with E-state index in [1.165, 1.54) is 0 Å². The van der Waals surface area contributed by atoms with Gasteiger partial charge in [-0.25, -0.2) is 0 Å². The third-order valence-corrected chi connectivity index (χ3v) is 0.824. The summed E-state index contributed by atoms with van der Waals surface area (Å²) < 4.78 is 5.11. The Morgan fingerprint density at radius 2 is 2.00 bits per heavy atom. The van der Waals surface area contributed by atoms with Gasteiger partial charge in [0, 0.05) is 13.0 Å². The van der Waals surface area contributed by atoms with Gasteiger partial charge in [0.15, 0.2) is 0 Å². The van der Waals surface area contributed by atoms with E-state index in [1.807, 2.05) is 6.92 Å². The van der Waals surface area contributed by atoms with Crippen LogP contribution in [0, 0.1) is 11.8 Å².